The molecule has 0 bridgehead atoms. The number of fused-ring (bicyclic) bond motifs is 1. The molecule has 0 atom stereocenters. The second-order valence-corrected chi connectivity index (χ2v) is 4.59. The highest BCUT2D eigenvalue weighted by molar-refractivity contribution is 5.99. The Morgan fingerprint density at radius 3 is 2.68 bits per heavy atom. The lowest BCUT2D eigenvalue weighted by molar-refractivity contribution is -0.385. The molecule has 22 heavy (non-hydrogen) atoms. The summed E-state index contributed by atoms with van der Waals surface area (Å²) in [4.78, 5) is 26.8. The molecular weight excluding hydrogens is 282 g/mol. The van der Waals surface area contributed by atoms with Crippen LogP contribution in [0, 0.1) is 10.1 Å². The predicted octanol–water partition coefficient (Wildman–Crippen LogP) is 3.30. The molecule has 0 fully saturated rings. The van der Waals surface area contributed by atoms with Gasteiger partial charge in [0.15, 0.2) is 0 Å². The van der Waals surface area contributed by atoms with Gasteiger partial charge in [-0.2, -0.15) is 0 Å². The van der Waals surface area contributed by atoms with Crippen molar-refractivity contribution in [2.24, 2.45) is 0 Å². The van der Waals surface area contributed by atoms with Crippen molar-refractivity contribution in [3.05, 3.63) is 76.6 Å². The zero-order valence-corrected chi connectivity index (χ0v) is 11.4. The largest absolute Gasteiger partial charge is 0.276 e. The fourth-order valence-electron chi connectivity index (χ4n) is 2.17. The van der Waals surface area contributed by atoms with Gasteiger partial charge in [-0.05, 0) is 24.3 Å². The minimum atomic E-state index is -0.475. The lowest BCUT2D eigenvalue weighted by Crippen LogP contribution is -2.05. The fraction of sp³-hybridized carbons (Fsp3) is 0. The maximum atomic E-state index is 12.2. The van der Waals surface area contributed by atoms with E-state index >= 15 is 0 Å². The summed E-state index contributed by atoms with van der Waals surface area (Å²) in [5.74, 6) is -0.313. The molecule has 0 aliphatic carbocycles. The molecule has 108 valence electrons. The molecule has 1 aromatic heterocycles. The number of allylic oxidation sites excluding steroid dienone is 1. The first-order valence-corrected chi connectivity index (χ1v) is 6.55. The van der Waals surface area contributed by atoms with Crippen molar-refractivity contribution in [2.75, 3.05) is 0 Å². The molecule has 0 saturated carbocycles. The maximum Gasteiger partial charge on any atom is 0.276 e. The van der Waals surface area contributed by atoms with Crippen LogP contribution in [0.5, 0.6) is 0 Å². The van der Waals surface area contributed by atoms with Crippen LogP contribution in [-0.4, -0.2) is 20.4 Å². The molecular formula is C16H11N3O3. The van der Waals surface area contributed by atoms with Gasteiger partial charge in [-0.15, -0.1) is 0 Å². The first kappa shape index (κ1) is 13.7. The summed E-state index contributed by atoms with van der Waals surface area (Å²) < 4.78 is 1.40. The van der Waals surface area contributed by atoms with Crippen LogP contribution < -0.4 is 0 Å². The highest BCUT2D eigenvalue weighted by Crippen LogP contribution is 2.19. The normalized spacial score (nSPS) is 11.1. The summed E-state index contributed by atoms with van der Waals surface area (Å²) in [7, 11) is 0. The third-order valence-electron chi connectivity index (χ3n) is 3.23. The van der Waals surface area contributed by atoms with E-state index in [0.29, 0.717) is 11.1 Å². The molecule has 0 aliphatic rings. The van der Waals surface area contributed by atoms with Gasteiger partial charge < -0.3 is 0 Å². The molecule has 6 heteroatoms. The molecule has 0 saturated heterocycles. The lowest BCUT2D eigenvalue weighted by atomic mass is 10.1. The number of nitro groups is 1. The van der Waals surface area contributed by atoms with Crippen molar-refractivity contribution >= 4 is 28.7 Å². The Kier molecular flexibility index (Phi) is 3.49. The van der Waals surface area contributed by atoms with Gasteiger partial charge in [0.1, 0.15) is 6.33 Å². The third kappa shape index (κ3) is 2.49. The Bertz CT molecular complexity index is 896. The SMILES string of the molecule is O=C(C=Cc1ccccc1[N+](=O)[O-])n1cnc2ccccc21. The van der Waals surface area contributed by atoms with Crippen LogP contribution >= 0.6 is 0 Å². The summed E-state index contributed by atoms with van der Waals surface area (Å²) >= 11 is 0. The number of hydrogen-bond donors (Lipinski definition) is 0. The molecule has 0 amide bonds. The summed E-state index contributed by atoms with van der Waals surface area (Å²) in [6.07, 6.45) is 4.18. The summed E-state index contributed by atoms with van der Waals surface area (Å²) in [5, 5.41) is 10.9. The number of aromatic nitrogens is 2. The van der Waals surface area contributed by atoms with E-state index in [9.17, 15) is 14.9 Å². The van der Waals surface area contributed by atoms with Crippen molar-refractivity contribution in [1.29, 1.82) is 0 Å². The van der Waals surface area contributed by atoms with E-state index in [4.69, 9.17) is 0 Å². The van der Waals surface area contributed by atoms with Crippen LogP contribution in [-0.2, 0) is 0 Å². The number of imidazole rings is 1. The van der Waals surface area contributed by atoms with Crippen LogP contribution in [0.4, 0.5) is 5.69 Å². The maximum absolute atomic E-state index is 12.2. The zero-order chi connectivity index (χ0) is 15.5. The molecule has 6 nitrogen and oxygen atoms in total. The van der Waals surface area contributed by atoms with E-state index in [1.807, 2.05) is 18.2 Å². The standard InChI is InChI=1S/C16H11N3O3/c20-16(18-11-17-13-6-2-4-8-15(13)18)10-9-12-5-1-3-7-14(12)19(21)22/h1-11H. The number of benzene rings is 2. The van der Waals surface area contributed by atoms with Crippen LogP contribution in [0.25, 0.3) is 17.1 Å². The Hall–Kier alpha value is -3.28. The predicted molar refractivity (Wildman–Crippen MR) is 82.5 cm³/mol. The van der Waals surface area contributed by atoms with Crippen LogP contribution in [0.1, 0.15) is 10.4 Å². The van der Waals surface area contributed by atoms with Crippen molar-refractivity contribution in [3.8, 4) is 0 Å². The second-order valence-electron chi connectivity index (χ2n) is 4.59. The van der Waals surface area contributed by atoms with E-state index < -0.39 is 4.92 Å². The van der Waals surface area contributed by atoms with E-state index in [1.54, 1.807) is 24.3 Å². The molecule has 0 unspecified atom stereocenters. The van der Waals surface area contributed by atoms with Crippen LogP contribution in [0.15, 0.2) is 60.9 Å². The molecule has 1 heterocycles. The average molecular weight is 293 g/mol. The minimum Gasteiger partial charge on any atom is -0.269 e. The van der Waals surface area contributed by atoms with E-state index in [1.165, 1.54) is 29.1 Å². The van der Waals surface area contributed by atoms with Crippen LogP contribution in [0.2, 0.25) is 0 Å². The third-order valence-corrected chi connectivity index (χ3v) is 3.23. The average Bonchev–Trinajstić information content (AvgIpc) is 2.97. The Morgan fingerprint density at radius 2 is 1.86 bits per heavy atom. The number of para-hydroxylation sites is 3. The van der Waals surface area contributed by atoms with Gasteiger partial charge in [0, 0.05) is 12.1 Å². The first-order chi connectivity index (χ1) is 10.7. The molecule has 0 spiro atoms. The number of hydrogen-bond acceptors (Lipinski definition) is 4. The number of nitro benzene ring substituents is 1. The van der Waals surface area contributed by atoms with E-state index in [-0.39, 0.29) is 11.6 Å². The summed E-state index contributed by atoms with van der Waals surface area (Å²) in [6, 6.07) is 13.5. The molecule has 0 N–H and O–H groups in total. The van der Waals surface area contributed by atoms with Gasteiger partial charge >= 0.3 is 0 Å². The van der Waals surface area contributed by atoms with E-state index in [0.717, 1.165) is 5.52 Å². The molecule has 2 aromatic carbocycles. The van der Waals surface area contributed by atoms with Gasteiger partial charge in [-0.1, -0.05) is 24.3 Å². The Balaban J connectivity index is 1.93. The van der Waals surface area contributed by atoms with Gasteiger partial charge in [-0.3, -0.25) is 19.5 Å². The molecule has 3 aromatic rings. The minimum absolute atomic E-state index is 0.0398. The van der Waals surface area contributed by atoms with E-state index in [2.05, 4.69) is 4.98 Å². The highest BCUT2D eigenvalue weighted by Gasteiger charge is 2.11. The van der Waals surface area contributed by atoms with Crippen molar-refractivity contribution < 1.29 is 9.72 Å². The summed E-state index contributed by atoms with van der Waals surface area (Å²) in [5.41, 5.74) is 1.75. The van der Waals surface area contributed by atoms with Crippen molar-refractivity contribution in [1.82, 2.24) is 9.55 Å². The number of nitrogens with zero attached hydrogens (tertiary/aromatic N) is 3. The Labute approximate surface area is 125 Å². The van der Waals surface area contributed by atoms with Crippen LogP contribution in [0.3, 0.4) is 0 Å². The highest BCUT2D eigenvalue weighted by atomic mass is 16.6. The number of carbonyl (C=O) groups is 1. The van der Waals surface area contributed by atoms with Gasteiger partial charge in [0.25, 0.3) is 11.6 Å². The van der Waals surface area contributed by atoms with Crippen molar-refractivity contribution in [2.45, 2.75) is 0 Å². The van der Waals surface area contributed by atoms with Crippen molar-refractivity contribution in [3.63, 3.8) is 0 Å². The number of rotatable bonds is 3. The topological polar surface area (TPSA) is 78.0 Å². The first-order valence-electron chi connectivity index (χ1n) is 6.55. The molecule has 0 aliphatic heterocycles. The summed E-state index contributed by atoms with van der Waals surface area (Å²) in [6.45, 7) is 0. The second kappa shape index (κ2) is 5.61. The quantitative estimate of drug-likeness (QED) is 0.421. The zero-order valence-electron chi connectivity index (χ0n) is 11.4. The molecule has 3 rings (SSSR count). The van der Waals surface area contributed by atoms with Gasteiger partial charge in [0.05, 0.1) is 21.5 Å². The smallest absolute Gasteiger partial charge is 0.269 e. The monoisotopic (exact) mass is 293 g/mol. The molecule has 0 radical (unpaired) electrons. The number of carbonyl (C=O) groups excluding carboxylic acids is 1. The Morgan fingerprint density at radius 1 is 1.14 bits per heavy atom. The lowest BCUT2D eigenvalue weighted by Gasteiger charge is -1.99. The fourth-order valence-corrected chi connectivity index (χ4v) is 2.17. The van der Waals surface area contributed by atoms with Gasteiger partial charge in [0.2, 0.25) is 0 Å². The van der Waals surface area contributed by atoms with Gasteiger partial charge in [-0.25, -0.2) is 4.98 Å².